The van der Waals surface area contributed by atoms with Crippen LogP contribution in [0.1, 0.15) is 12.0 Å². The Kier molecular flexibility index (Phi) is 1.94. The quantitative estimate of drug-likeness (QED) is 0.560. The minimum absolute atomic E-state index is 0.558. The van der Waals surface area contributed by atoms with E-state index in [1.807, 2.05) is 0 Å². The summed E-state index contributed by atoms with van der Waals surface area (Å²) in [5.41, 5.74) is 6.29. The normalized spacial score (nSPS) is 27.8. The molecular formula is C9H13N3O. The largest absolute Gasteiger partial charge is 0.398 e. The van der Waals surface area contributed by atoms with Crippen LogP contribution in [0.5, 0.6) is 0 Å². The predicted molar refractivity (Wildman–Crippen MR) is 50.0 cm³/mol. The maximum Gasteiger partial charge on any atom is 0.107 e. The lowest BCUT2D eigenvalue weighted by molar-refractivity contribution is 0.0592. The summed E-state index contributed by atoms with van der Waals surface area (Å²) in [6, 6.07) is 1.71. The summed E-state index contributed by atoms with van der Waals surface area (Å²) in [5, 5.41) is 13.3. The number of β-amino-alcohol motifs (C(OH)–C–C–N with tert-alkyl or cyclic N) is 1. The molecule has 0 amide bonds. The fourth-order valence-corrected chi connectivity index (χ4v) is 1.70. The van der Waals surface area contributed by atoms with Gasteiger partial charge in [0.25, 0.3) is 0 Å². The van der Waals surface area contributed by atoms with E-state index < -0.39 is 5.60 Å². The highest BCUT2D eigenvalue weighted by Gasteiger charge is 2.34. The fourth-order valence-electron chi connectivity index (χ4n) is 1.70. The molecule has 1 aliphatic rings. The summed E-state index contributed by atoms with van der Waals surface area (Å²) in [5.74, 6) is 0. The van der Waals surface area contributed by atoms with E-state index in [-0.39, 0.29) is 0 Å². The molecule has 0 spiro atoms. The first-order valence-electron chi connectivity index (χ1n) is 4.35. The van der Waals surface area contributed by atoms with Crippen molar-refractivity contribution in [3.63, 3.8) is 0 Å². The molecule has 0 saturated carbocycles. The van der Waals surface area contributed by atoms with Gasteiger partial charge >= 0.3 is 0 Å². The molecule has 1 atom stereocenters. The molecule has 1 unspecified atom stereocenters. The molecule has 0 bridgehead atoms. The van der Waals surface area contributed by atoms with Gasteiger partial charge in [-0.2, -0.15) is 0 Å². The van der Waals surface area contributed by atoms with Crippen molar-refractivity contribution in [2.24, 2.45) is 0 Å². The standard InChI is InChI=1S/C9H13N3O/c10-8-1-3-11-5-7(8)9(13)2-4-12-6-9/h1,3,5,12-13H,2,4,6H2,(H2,10,11). The Bertz CT molecular complexity index is 307. The molecule has 1 aromatic rings. The zero-order valence-electron chi connectivity index (χ0n) is 7.33. The smallest absolute Gasteiger partial charge is 0.107 e. The summed E-state index contributed by atoms with van der Waals surface area (Å²) in [6.45, 7) is 1.38. The summed E-state index contributed by atoms with van der Waals surface area (Å²) in [7, 11) is 0. The third kappa shape index (κ3) is 1.38. The highest BCUT2D eigenvalue weighted by Crippen LogP contribution is 2.30. The van der Waals surface area contributed by atoms with Crippen LogP contribution in [0.25, 0.3) is 0 Å². The van der Waals surface area contributed by atoms with E-state index in [2.05, 4.69) is 10.3 Å². The lowest BCUT2D eigenvalue weighted by Gasteiger charge is -2.22. The van der Waals surface area contributed by atoms with Crippen LogP contribution in [0.15, 0.2) is 18.5 Å². The molecule has 4 heteroatoms. The Hall–Kier alpha value is -1.13. The zero-order valence-corrected chi connectivity index (χ0v) is 7.33. The SMILES string of the molecule is Nc1ccncc1C1(O)CCNC1. The van der Waals surface area contributed by atoms with E-state index in [1.54, 1.807) is 18.5 Å². The van der Waals surface area contributed by atoms with E-state index in [1.165, 1.54) is 0 Å². The molecule has 2 heterocycles. The fraction of sp³-hybridized carbons (Fsp3) is 0.444. The van der Waals surface area contributed by atoms with Crippen LogP contribution in [0, 0.1) is 0 Å². The maximum atomic E-state index is 10.2. The van der Waals surface area contributed by atoms with Crippen LogP contribution in [0.2, 0.25) is 0 Å². The number of aromatic nitrogens is 1. The molecule has 4 nitrogen and oxygen atoms in total. The third-order valence-electron chi connectivity index (χ3n) is 2.49. The van der Waals surface area contributed by atoms with Crippen LogP contribution in [-0.2, 0) is 5.60 Å². The summed E-state index contributed by atoms with van der Waals surface area (Å²) >= 11 is 0. The van der Waals surface area contributed by atoms with Crippen LogP contribution in [0.3, 0.4) is 0 Å². The first-order chi connectivity index (χ1) is 6.22. The second kappa shape index (κ2) is 2.97. The number of anilines is 1. The Morgan fingerprint density at radius 1 is 1.62 bits per heavy atom. The molecule has 0 aromatic carbocycles. The number of nitrogens with one attached hydrogen (secondary N) is 1. The number of aliphatic hydroxyl groups is 1. The molecule has 0 radical (unpaired) electrons. The molecular weight excluding hydrogens is 166 g/mol. The number of nitrogens with zero attached hydrogens (tertiary/aromatic N) is 1. The average molecular weight is 179 g/mol. The van der Waals surface area contributed by atoms with Crippen molar-refractivity contribution >= 4 is 5.69 Å². The van der Waals surface area contributed by atoms with E-state index in [0.29, 0.717) is 18.7 Å². The lowest BCUT2D eigenvalue weighted by Crippen LogP contribution is -2.29. The molecule has 1 aliphatic heterocycles. The number of pyridine rings is 1. The highest BCUT2D eigenvalue weighted by atomic mass is 16.3. The van der Waals surface area contributed by atoms with Crippen LogP contribution in [-0.4, -0.2) is 23.2 Å². The minimum atomic E-state index is -0.821. The Morgan fingerprint density at radius 2 is 2.46 bits per heavy atom. The summed E-state index contributed by atoms with van der Waals surface area (Å²) in [4.78, 5) is 3.97. The summed E-state index contributed by atoms with van der Waals surface area (Å²) < 4.78 is 0. The van der Waals surface area contributed by atoms with Crippen molar-refractivity contribution in [2.45, 2.75) is 12.0 Å². The van der Waals surface area contributed by atoms with Gasteiger partial charge in [0.15, 0.2) is 0 Å². The van der Waals surface area contributed by atoms with Gasteiger partial charge in [-0.25, -0.2) is 0 Å². The maximum absolute atomic E-state index is 10.2. The van der Waals surface area contributed by atoms with Crippen molar-refractivity contribution < 1.29 is 5.11 Å². The van der Waals surface area contributed by atoms with Crippen molar-refractivity contribution in [3.05, 3.63) is 24.0 Å². The summed E-state index contributed by atoms with van der Waals surface area (Å²) in [6.07, 6.45) is 3.97. The number of nitrogen functional groups attached to an aromatic ring is 1. The molecule has 13 heavy (non-hydrogen) atoms. The van der Waals surface area contributed by atoms with Gasteiger partial charge in [-0.05, 0) is 19.0 Å². The minimum Gasteiger partial charge on any atom is -0.398 e. The molecule has 70 valence electrons. The van der Waals surface area contributed by atoms with Crippen molar-refractivity contribution in [3.8, 4) is 0 Å². The van der Waals surface area contributed by atoms with Gasteiger partial charge < -0.3 is 16.2 Å². The monoisotopic (exact) mass is 179 g/mol. The first kappa shape index (κ1) is 8.47. The van der Waals surface area contributed by atoms with Crippen LogP contribution < -0.4 is 11.1 Å². The van der Waals surface area contributed by atoms with Gasteiger partial charge in [-0.3, -0.25) is 4.98 Å². The highest BCUT2D eigenvalue weighted by molar-refractivity contribution is 5.48. The lowest BCUT2D eigenvalue weighted by atomic mass is 9.93. The van der Waals surface area contributed by atoms with Gasteiger partial charge in [0, 0.05) is 30.2 Å². The zero-order chi connectivity index (χ0) is 9.31. The van der Waals surface area contributed by atoms with Gasteiger partial charge in [-0.15, -0.1) is 0 Å². The van der Waals surface area contributed by atoms with E-state index >= 15 is 0 Å². The number of nitrogens with two attached hydrogens (primary N) is 1. The average Bonchev–Trinajstić information content (AvgIpc) is 2.54. The van der Waals surface area contributed by atoms with Crippen molar-refractivity contribution in [2.75, 3.05) is 18.8 Å². The number of hydrogen-bond acceptors (Lipinski definition) is 4. The van der Waals surface area contributed by atoms with Crippen LogP contribution >= 0.6 is 0 Å². The van der Waals surface area contributed by atoms with E-state index in [9.17, 15) is 5.11 Å². The van der Waals surface area contributed by atoms with Gasteiger partial charge in [0.05, 0.1) is 0 Å². The Balaban J connectivity index is 2.39. The number of rotatable bonds is 1. The van der Waals surface area contributed by atoms with Gasteiger partial charge in [0.2, 0.25) is 0 Å². The molecule has 1 aromatic heterocycles. The van der Waals surface area contributed by atoms with Crippen molar-refractivity contribution in [1.29, 1.82) is 0 Å². The van der Waals surface area contributed by atoms with Crippen molar-refractivity contribution in [1.82, 2.24) is 10.3 Å². The van der Waals surface area contributed by atoms with E-state index in [0.717, 1.165) is 12.1 Å². The Morgan fingerprint density at radius 3 is 3.08 bits per heavy atom. The van der Waals surface area contributed by atoms with Gasteiger partial charge in [0.1, 0.15) is 5.60 Å². The molecule has 1 saturated heterocycles. The number of hydrogen-bond donors (Lipinski definition) is 3. The topological polar surface area (TPSA) is 71.2 Å². The second-order valence-electron chi connectivity index (χ2n) is 3.42. The molecule has 0 aliphatic carbocycles. The van der Waals surface area contributed by atoms with Crippen LogP contribution in [0.4, 0.5) is 5.69 Å². The first-order valence-corrected chi connectivity index (χ1v) is 4.35. The van der Waals surface area contributed by atoms with E-state index in [4.69, 9.17) is 5.73 Å². The Labute approximate surface area is 76.8 Å². The predicted octanol–water partition coefficient (Wildman–Crippen LogP) is -0.155. The second-order valence-corrected chi connectivity index (χ2v) is 3.42. The molecule has 1 fully saturated rings. The third-order valence-corrected chi connectivity index (χ3v) is 2.49. The molecule has 2 rings (SSSR count). The molecule has 4 N–H and O–H groups in total. The van der Waals surface area contributed by atoms with Gasteiger partial charge in [-0.1, -0.05) is 0 Å².